The van der Waals surface area contributed by atoms with E-state index in [0.29, 0.717) is 5.82 Å². The Morgan fingerprint density at radius 1 is 1.03 bits per heavy atom. The van der Waals surface area contributed by atoms with Gasteiger partial charge in [-0.25, -0.2) is 14.6 Å². The summed E-state index contributed by atoms with van der Waals surface area (Å²) in [6.07, 6.45) is 4.51. The molecule has 0 radical (unpaired) electrons. The van der Waals surface area contributed by atoms with Gasteiger partial charge in [0, 0.05) is 30.4 Å². The number of amides is 1. The van der Waals surface area contributed by atoms with Crippen molar-refractivity contribution in [1.82, 2.24) is 24.1 Å². The third-order valence-corrected chi connectivity index (χ3v) is 5.62. The number of hydrogen-bond donors (Lipinski definition) is 1. The number of fused-ring (bicyclic) bond motifs is 3. The molecule has 0 aliphatic carbocycles. The molecule has 5 rings (SSSR count). The van der Waals surface area contributed by atoms with Crippen LogP contribution in [0.15, 0.2) is 65.8 Å². The maximum atomic E-state index is 13.2. The van der Waals surface area contributed by atoms with Crippen molar-refractivity contribution in [3.63, 3.8) is 0 Å². The summed E-state index contributed by atoms with van der Waals surface area (Å²) in [7, 11) is 3.03. The number of methoxy groups -OCH3 is 1. The fraction of sp³-hybridized carbons (Fsp3) is 0.125. The van der Waals surface area contributed by atoms with E-state index in [1.165, 1.54) is 7.11 Å². The van der Waals surface area contributed by atoms with E-state index in [2.05, 4.69) is 25.0 Å². The monoisotopic (exact) mass is 440 g/mol. The summed E-state index contributed by atoms with van der Waals surface area (Å²) in [5.74, 6) is 0.388. The molecule has 0 saturated carbocycles. The van der Waals surface area contributed by atoms with Gasteiger partial charge < -0.3 is 4.74 Å². The predicted molar refractivity (Wildman–Crippen MR) is 126 cm³/mol. The molecule has 164 valence electrons. The molecule has 5 aromatic rings. The van der Waals surface area contributed by atoms with Gasteiger partial charge in [0.2, 0.25) is 0 Å². The molecule has 0 fully saturated rings. The molecule has 1 amide bonds. The number of aryl methyl sites for hydroxylation is 2. The quantitative estimate of drug-likeness (QED) is 0.457. The molecule has 1 N–H and O–H groups in total. The summed E-state index contributed by atoms with van der Waals surface area (Å²) in [4.78, 5) is 37.8. The molecule has 4 heterocycles. The lowest BCUT2D eigenvalue weighted by molar-refractivity contribution is 0.187. The third kappa shape index (κ3) is 3.39. The molecular weight excluding hydrogens is 420 g/mol. The van der Waals surface area contributed by atoms with Crippen molar-refractivity contribution in [2.24, 2.45) is 7.05 Å². The minimum atomic E-state index is -0.581. The van der Waals surface area contributed by atoms with Gasteiger partial charge >= 0.3 is 11.8 Å². The highest BCUT2D eigenvalue weighted by molar-refractivity contribution is 6.04. The van der Waals surface area contributed by atoms with Crippen molar-refractivity contribution in [3.05, 3.63) is 77.2 Å². The van der Waals surface area contributed by atoms with E-state index in [1.807, 2.05) is 43.3 Å². The second-order valence-electron chi connectivity index (χ2n) is 7.56. The van der Waals surface area contributed by atoms with Crippen LogP contribution in [0, 0.1) is 6.92 Å². The van der Waals surface area contributed by atoms with Crippen LogP contribution in [0.4, 0.5) is 10.6 Å². The molecule has 0 atom stereocenters. The summed E-state index contributed by atoms with van der Waals surface area (Å²) < 4.78 is 7.88. The van der Waals surface area contributed by atoms with Crippen molar-refractivity contribution in [3.8, 4) is 16.8 Å². The summed E-state index contributed by atoms with van der Waals surface area (Å²) in [6.45, 7) is 1.88. The van der Waals surface area contributed by atoms with Gasteiger partial charge in [-0.1, -0.05) is 6.07 Å². The van der Waals surface area contributed by atoms with Gasteiger partial charge in [-0.15, -0.1) is 0 Å². The Balaban J connectivity index is 1.72. The molecule has 0 spiro atoms. The Bertz CT molecular complexity index is 1580. The number of imidazole rings is 1. The number of ether oxygens (including phenoxy) is 1. The standard InChI is InChI=1S/C24H20N6O3/c1-14-19(5-4-10-25-14)30-22-17-11-15(16-7-9-21(27-12-16)28-23(31)33-3)6-8-18(17)26-13-20(22)29(2)24(30)32/h4-13H,1-3H3,(H,27,28,31). The molecule has 0 unspecified atom stereocenters. The van der Waals surface area contributed by atoms with Crippen LogP contribution in [0.1, 0.15) is 5.69 Å². The fourth-order valence-corrected chi connectivity index (χ4v) is 3.91. The molecule has 0 aliphatic heterocycles. The largest absolute Gasteiger partial charge is 0.453 e. The molecule has 4 aromatic heterocycles. The number of carbonyl (C=O) groups is 1. The molecule has 33 heavy (non-hydrogen) atoms. The zero-order valence-electron chi connectivity index (χ0n) is 18.2. The van der Waals surface area contributed by atoms with Crippen LogP contribution >= 0.6 is 0 Å². The average molecular weight is 440 g/mol. The molecule has 9 heteroatoms. The van der Waals surface area contributed by atoms with Gasteiger partial charge in [-0.2, -0.15) is 0 Å². The van der Waals surface area contributed by atoms with Crippen molar-refractivity contribution in [1.29, 1.82) is 0 Å². The summed E-state index contributed by atoms with van der Waals surface area (Å²) in [5, 5.41) is 3.37. The van der Waals surface area contributed by atoms with Crippen LogP contribution in [0.5, 0.6) is 0 Å². The van der Waals surface area contributed by atoms with Gasteiger partial charge in [0.05, 0.1) is 41.2 Å². The van der Waals surface area contributed by atoms with Crippen molar-refractivity contribution in [2.45, 2.75) is 6.92 Å². The van der Waals surface area contributed by atoms with Crippen LogP contribution < -0.4 is 11.0 Å². The Labute approximate surface area is 188 Å². The van der Waals surface area contributed by atoms with E-state index < -0.39 is 6.09 Å². The summed E-state index contributed by atoms with van der Waals surface area (Å²) in [6, 6.07) is 13.1. The van der Waals surface area contributed by atoms with E-state index in [1.54, 1.807) is 40.8 Å². The van der Waals surface area contributed by atoms with Crippen molar-refractivity contribution in [2.75, 3.05) is 12.4 Å². The van der Waals surface area contributed by atoms with Gasteiger partial charge in [0.1, 0.15) is 5.82 Å². The first-order chi connectivity index (χ1) is 16.0. The van der Waals surface area contributed by atoms with Crippen LogP contribution in [0.25, 0.3) is 38.8 Å². The number of anilines is 1. The number of nitrogens with zero attached hydrogens (tertiary/aromatic N) is 5. The maximum Gasteiger partial charge on any atom is 0.412 e. The zero-order chi connectivity index (χ0) is 23.1. The molecule has 0 bridgehead atoms. The first-order valence-electron chi connectivity index (χ1n) is 10.2. The first kappa shape index (κ1) is 20.4. The Kier molecular flexibility index (Phi) is 4.86. The second-order valence-corrected chi connectivity index (χ2v) is 7.56. The Hall–Kier alpha value is -4.53. The molecular formula is C24H20N6O3. The van der Waals surface area contributed by atoms with E-state index in [9.17, 15) is 9.59 Å². The van der Waals surface area contributed by atoms with Gasteiger partial charge in [0.25, 0.3) is 0 Å². The Morgan fingerprint density at radius 3 is 2.58 bits per heavy atom. The maximum absolute atomic E-state index is 13.2. The summed E-state index contributed by atoms with van der Waals surface area (Å²) >= 11 is 0. The summed E-state index contributed by atoms with van der Waals surface area (Å²) in [5.41, 5.74) is 5.33. The van der Waals surface area contributed by atoms with Crippen LogP contribution in [-0.4, -0.2) is 37.3 Å². The highest BCUT2D eigenvalue weighted by Crippen LogP contribution is 2.30. The lowest BCUT2D eigenvalue weighted by Gasteiger charge is -2.10. The molecule has 0 aliphatic rings. The number of carbonyl (C=O) groups excluding carboxylic acids is 1. The predicted octanol–water partition coefficient (Wildman–Crippen LogP) is 3.82. The minimum Gasteiger partial charge on any atom is -0.453 e. The van der Waals surface area contributed by atoms with Crippen molar-refractivity contribution < 1.29 is 9.53 Å². The minimum absolute atomic E-state index is 0.166. The fourth-order valence-electron chi connectivity index (χ4n) is 3.91. The smallest absolute Gasteiger partial charge is 0.412 e. The van der Waals surface area contributed by atoms with Gasteiger partial charge in [0.15, 0.2) is 0 Å². The van der Waals surface area contributed by atoms with Crippen LogP contribution in [-0.2, 0) is 11.8 Å². The lowest BCUT2D eigenvalue weighted by atomic mass is 10.0. The zero-order valence-corrected chi connectivity index (χ0v) is 18.2. The third-order valence-electron chi connectivity index (χ3n) is 5.62. The average Bonchev–Trinajstić information content (AvgIpc) is 3.10. The number of rotatable bonds is 3. The number of aromatic nitrogens is 5. The first-order valence-corrected chi connectivity index (χ1v) is 10.2. The SMILES string of the molecule is COC(=O)Nc1ccc(-c2ccc3ncc4c(c3c2)n(-c2cccnc2C)c(=O)n4C)cn1. The van der Waals surface area contributed by atoms with E-state index >= 15 is 0 Å². The number of pyridine rings is 3. The number of hydrogen-bond acceptors (Lipinski definition) is 6. The van der Waals surface area contributed by atoms with Gasteiger partial charge in [-0.3, -0.25) is 24.4 Å². The van der Waals surface area contributed by atoms with E-state index in [0.717, 1.165) is 44.4 Å². The normalized spacial score (nSPS) is 11.1. The lowest BCUT2D eigenvalue weighted by Crippen LogP contribution is -2.21. The highest BCUT2D eigenvalue weighted by atomic mass is 16.5. The van der Waals surface area contributed by atoms with E-state index in [-0.39, 0.29) is 5.69 Å². The molecule has 9 nitrogen and oxygen atoms in total. The van der Waals surface area contributed by atoms with Crippen LogP contribution in [0.3, 0.4) is 0 Å². The Morgan fingerprint density at radius 2 is 1.85 bits per heavy atom. The van der Waals surface area contributed by atoms with Crippen LogP contribution in [0.2, 0.25) is 0 Å². The highest BCUT2D eigenvalue weighted by Gasteiger charge is 2.18. The van der Waals surface area contributed by atoms with Crippen molar-refractivity contribution >= 4 is 33.8 Å². The number of nitrogens with one attached hydrogen (secondary N) is 1. The molecule has 0 saturated heterocycles. The number of benzene rings is 1. The van der Waals surface area contributed by atoms with E-state index in [4.69, 9.17) is 0 Å². The second kappa shape index (κ2) is 7.86. The van der Waals surface area contributed by atoms with Gasteiger partial charge in [-0.05, 0) is 48.9 Å². The topological polar surface area (TPSA) is 104 Å². The molecule has 1 aromatic carbocycles.